The molecule has 4 heteroatoms. The van der Waals surface area contributed by atoms with Gasteiger partial charge in [0.1, 0.15) is 5.82 Å². The normalized spacial score (nSPS) is 18.6. The molecule has 1 atom stereocenters. The summed E-state index contributed by atoms with van der Waals surface area (Å²) in [4.78, 5) is 0. The molecule has 0 aliphatic heterocycles. The Morgan fingerprint density at radius 1 is 1.35 bits per heavy atom. The van der Waals surface area contributed by atoms with E-state index in [-0.39, 0.29) is 11.2 Å². The molecule has 1 aliphatic rings. The third-order valence-electron chi connectivity index (χ3n) is 3.39. The zero-order valence-corrected chi connectivity index (χ0v) is 12.5. The van der Waals surface area contributed by atoms with E-state index in [2.05, 4.69) is 15.9 Å². The van der Waals surface area contributed by atoms with Crippen LogP contribution in [-0.4, -0.2) is 0 Å². The molecular weight excluding hydrogens is 326 g/mol. The highest BCUT2D eigenvalue weighted by atomic mass is 79.9. The van der Waals surface area contributed by atoms with E-state index in [1.54, 1.807) is 6.07 Å². The Kier molecular flexibility index (Phi) is 4.73. The van der Waals surface area contributed by atoms with Crippen LogP contribution in [0.2, 0.25) is 5.02 Å². The fraction of sp³-hybridized carbons (Fsp3) is 0.538. The van der Waals surface area contributed by atoms with Crippen LogP contribution in [0.3, 0.4) is 0 Å². The minimum absolute atomic E-state index is 0.274. The Morgan fingerprint density at radius 2 is 2.00 bits per heavy atom. The van der Waals surface area contributed by atoms with Crippen molar-refractivity contribution >= 4 is 39.1 Å². The zero-order chi connectivity index (χ0) is 12.4. The third kappa shape index (κ3) is 3.36. The second-order valence-corrected chi connectivity index (χ2v) is 6.43. The van der Waals surface area contributed by atoms with Gasteiger partial charge in [0.2, 0.25) is 0 Å². The minimum atomic E-state index is -0.278. The summed E-state index contributed by atoms with van der Waals surface area (Å²) in [5.74, 6) is 0.360. The summed E-state index contributed by atoms with van der Waals surface area (Å²) in [6.45, 7) is 0. The maximum Gasteiger partial charge on any atom is 0.129 e. The Labute approximate surface area is 120 Å². The van der Waals surface area contributed by atoms with Crippen LogP contribution in [0.4, 0.5) is 4.39 Å². The first-order chi connectivity index (χ1) is 8.08. The van der Waals surface area contributed by atoms with E-state index in [0.29, 0.717) is 21.0 Å². The SMILES string of the molecule is Fc1cc(Br)c(Cl)cc1C(Cl)CC1CCCC1. The Balaban J connectivity index is 2.12. The van der Waals surface area contributed by atoms with E-state index in [1.807, 2.05) is 0 Å². The lowest BCUT2D eigenvalue weighted by Crippen LogP contribution is -2.02. The van der Waals surface area contributed by atoms with Crippen LogP contribution in [0.25, 0.3) is 0 Å². The van der Waals surface area contributed by atoms with Gasteiger partial charge in [-0.15, -0.1) is 11.6 Å². The molecule has 1 fully saturated rings. The monoisotopic (exact) mass is 338 g/mol. The number of hydrogen-bond donors (Lipinski definition) is 0. The highest BCUT2D eigenvalue weighted by Crippen LogP contribution is 2.38. The van der Waals surface area contributed by atoms with Gasteiger partial charge in [-0.1, -0.05) is 37.3 Å². The van der Waals surface area contributed by atoms with Crippen molar-refractivity contribution in [2.24, 2.45) is 5.92 Å². The maximum absolute atomic E-state index is 13.8. The predicted octanol–water partition coefficient (Wildman–Crippen LogP) is 6.10. The molecule has 0 amide bonds. The summed E-state index contributed by atoms with van der Waals surface area (Å²) in [5, 5.41) is 0.238. The molecule has 2 rings (SSSR count). The molecule has 0 saturated heterocycles. The van der Waals surface area contributed by atoms with Crippen molar-refractivity contribution in [1.29, 1.82) is 0 Å². The third-order valence-corrected chi connectivity index (χ3v) is 5.00. The van der Waals surface area contributed by atoms with Crippen LogP contribution < -0.4 is 0 Å². The van der Waals surface area contributed by atoms with E-state index in [1.165, 1.54) is 31.7 Å². The van der Waals surface area contributed by atoms with Gasteiger partial charge in [-0.05, 0) is 40.4 Å². The molecule has 0 spiro atoms. The average molecular weight is 340 g/mol. The van der Waals surface area contributed by atoms with Crippen molar-refractivity contribution in [2.45, 2.75) is 37.5 Å². The second-order valence-electron chi connectivity index (χ2n) is 4.64. The molecule has 0 nitrogen and oxygen atoms in total. The molecule has 0 radical (unpaired) electrons. The lowest BCUT2D eigenvalue weighted by Gasteiger charge is -2.16. The smallest absolute Gasteiger partial charge is 0.129 e. The standard InChI is InChI=1S/C13H14BrCl2F/c14-10-7-13(17)9(6-12(10)16)11(15)5-8-3-1-2-4-8/h6-8,11H,1-5H2. The van der Waals surface area contributed by atoms with Crippen molar-refractivity contribution in [3.05, 3.63) is 33.0 Å². The van der Waals surface area contributed by atoms with Gasteiger partial charge in [0.25, 0.3) is 0 Å². The molecule has 0 heterocycles. The summed E-state index contributed by atoms with van der Waals surface area (Å²) >= 11 is 15.5. The van der Waals surface area contributed by atoms with Gasteiger partial charge in [-0.2, -0.15) is 0 Å². The zero-order valence-electron chi connectivity index (χ0n) is 9.36. The lowest BCUT2D eigenvalue weighted by atomic mass is 9.97. The van der Waals surface area contributed by atoms with Gasteiger partial charge in [-0.3, -0.25) is 0 Å². The quantitative estimate of drug-likeness (QED) is 0.461. The first-order valence-corrected chi connectivity index (χ1v) is 7.47. The van der Waals surface area contributed by atoms with Crippen LogP contribution >= 0.6 is 39.1 Å². The van der Waals surface area contributed by atoms with Crippen molar-refractivity contribution in [3.63, 3.8) is 0 Å². The summed E-state index contributed by atoms with van der Waals surface area (Å²) in [7, 11) is 0. The molecule has 0 N–H and O–H groups in total. The van der Waals surface area contributed by atoms with Crippen LogP contribution in [0.1, 0.15) is 43.0 Å². The molecular formula is C13H14BrCl2F. The van der Waals surface area contributed by atoms with Crippen molar-refractivity contribution in [3.8, 4) is 0 Å². The highest BCUT2D eigenvalue weighted by molar-refractivity contribution is 9.10. The summed E-state index contributed by atoms with van der Waals surface area (Å²) in [5.41, 5.74) is 0.520. The Bertz CT molecular complexity index is 403. The number of rotatable bonds is 3. The Morgan fingerprint density at radius 3 is 2.65 bits per heavy atom. The summed E-state index contributed by atoms with van der Waals surface area (Å²) in [6.07, 6.45) is 5.83. The lowest BCUT2D eigenvalue weighted by molar-refractivity contribution is 0.486. The molecule has 1 aromatic carbocycles. The second kappa shape index (κ2) is 5.90. The number of benzene rings is 1. The Hall–Kier alpha value is 0.210. The van der Waals surface area contributed by atoms with E-state index >= 15 is 0 Å². The van der Waals surface area contributed by atoms with Crippen LogP contribution in [-0.2, 0) is 0 Å². The number of halogens is 4. The van der Waals surface area contributed by atoms with Crippen molar-refractivity contribution < 1.29 is 4.39 Å². The fourth-order valence-electron chi connectivity index (χ4n) is 2.44. The van der Waals surface area contributed by atoms with E-state index in [0.717, 1.165) is 6.42 Å². The first-order valence-electron chi connectivity index (χ1n) is 5.86. The van der Waals surface area contributed by atoms with Gasteiger partial charge in [0.05, 0.1) is 10.4 Å². The maximum atomic E-state index is 13.8. The molecule has 1 unspecified atom stereocenters. The van der Waals surface area contributed by atoms with E-state index in [9.17, 15) is 4.39 Å². The number of alkyl halides is 1. The minimum Gasteiger partial charge on any atom is -0.207 e. The molecule has 0 bridgehead atoms. The van der Waals surface area contributed by atoms with Gasteiger partial charge < -0.3 is 0 Å². The average Bonchev–Trinajstić information content (AvgIpc) is 2.76. The van der Waals surface area contributed by atoms with Gasteiger partial charge in [-0.25, -0.2) is 4.39 Å². The molecule has 17 heavy (non-hydrogen) atoms. The van der Waals surface area contributed by atoms with Crippen LogP contribution in [0, 0.1) is 11.7 Å². The van der Waals surface area contributed by atoms with Gasteiger partial charge in [0.15, 0.2) is 0 Å². The molecule has 94 valence electrons. The molecule has 1 saturated carbocycles. The van der Waals surface area contributed by atoms with Gasteiger partial charge >= 0.3 is 0 Å². The van der Waals surface area contributed by atoms with E-state index in [4.69, 9.17) is 23.2 Å². The van der Waals surface area contributed by atoms with Crippen molar-refractivity contribution in [1.82, 2.24) is 0 Å². The fourth-order valence-corrected chi connectivity index (χ4v) is 3.35. The largest absolute Gasteiger partial charge is 0.207 e. The van der Waals surface area contributed by atoms with Gasteiger partial charge in [0, 0.05) is 10.0 Å². The number of hydrogen-bond acceptors (Lipinski definition) is 0. The van der Waals surface area contributed by atoms with Crippen LogP contribution in [0.5, 0.6) is 0 Å². The summed E-state index contributed by atoms with van der Waals surface area (Å²) in [6, 6.07) is 3.02. The van der Waals surface area contributed by atoms with Crippen molar-refractivity contribution in [2.75, 3.05) is 0 Å². The molecule has 1 aromatic rings. The highest BCUT2D eigenvalue weighted by Gasteiger charge is 2.22. The predicted molar refractivity (Wildman–Crippen MR) is 74.3 cm³/mol. The van der Waals surface area contributed by atoms with E-state index < -0.39 is 0 Å². The molecule has 0 aromatic heterocycles. The first kappa shape index (κ1) is 13.6. The summed E-state index contributed by atoms with van der Waals surface area (Å²) < 4.78 is 14.4. The van der Waals surface area contributed by atoms with Crippen LogP contribution in [0.15, 0.2) is 16.6 Å². The molecule has 1 aliphatic carbocycles. The topological polar surface area (TPSA) is 0 Å².